The zero-order chi connectivity index (χ0) is 17.5. The van der Waals surface area contributed by atoms with E-state index in [1.54, 1.807) is 56.8 Å². The van der Waals surface area contributed by atoms with Gasteiger partial charge in [0.25, 0.3) is 0 Å². The number of nitrogens with one attached hydrogen (secondary N) is 2. The number of amides is 2. The predicted molar refractivity (Wildman–Crippen MR) is 96.2 cm³/mol. The standard InChI is InChI=1S/C16H23ClN2O3S/c1-16(2,3)22-15(21)19-13(8-9-23-4)14(20)18-12-7-5-6-11(17)10-12/h5-7,10,13H,8-9H2,1-4H3,(H,18,20)(H,19,21)/t13-/m0/s1. The van der Waals surface area contributed by atoms with E-state index in [0.717, 1.165) is 5.75 Å². The Morgan fingerprint density at radius 1 is 1.35 bits per heavy atom. The molecule has 1 aromatic rings. The molecule has 0 aliphatic heterocycles. The van der Waals surface area contributed by atoms with Gasteiger partial charge < -0.3 is 15.4 Å². The molecule has 7 heteroatoms. The van der Waals surface area contributed by atoms with Crippen molar-refractivity contribution >= 4 is 41.1 Å². The second-order valence-electron chi connectivity index (χ2n) is 5.98. The van der Waals surface area contributed by atoms with Crippen molar-refractivity contribution in [2.45, 2.75) is 38.8 Å². The minimum atomic E-state index is -0.670. The molecule has 23 heavy (non-hydrogen) atoms. The Labute approximate surface area is 146 Å². The normalized spacial score (nSPS) is 12.4. The van der Waals surface area contributed by atoms with E-state index in [4.69, 9.17) is 16.3 Å². The van der Waals surface area contributed by atoms with Crippen molar-refractivity contribution in [3.63, 3.8) is 0 Å². The van der Waals surface area contributed by atoms with Crippen LogP contribution in [-0.2, 0) is 9.53 Å². The Morgan fingerprint density at radius 2 is 2.04 bits per heavy atom. The third kappa shape index (κ3) is 8.13. The summed E-state index contributed by atoms with van der Waals surface area (Å²) in [7, 11) is 0. The van der Waals surface area contributed by atoms with Crippen LogP contribution < -0.4 is 10.6 Å². The number of hydrogen-bond acceptors (Lipinski definition) is 4. The molecule has 1 aromatic carbocycles. The topological polar surface area (TPSA) is 67.4 Å². The highest BCUT2D eigenvalue weighted by Crippen LogP contribution is 2.16. The fourth-order valence-electron chi connectivity index (χ4n) is 1.75. The van der Waals surface area contributed by atoms with E-state index in [1.165, 1.54) is 0 Å². The van der Waals surface area contributed by atoms with Gasteiger partial charge in [0.1, 0.15) is 11.6 Å². The van der Waals surface area contributed by atoms with E-state index in [0.29, 0.717) is 17.1 Å². The highest BCUT2D eigenvalue weighted by molar-refractivity contribution is 7.98. The molecule has 2 N–H and O–H groups in total. The maximum atomic E-state index is 12.4. The minimum Gasteiger partial charge on any atom is -0.444 e. The first-order valence-corrected chi connectivity index (χ1v) is 9.03. The van der Waals surface area contributed by atoms with Gasteiger partial charge in [0, 0.05) is 10.7 Å². The number of ether oxygens (including phenoxy) is 1. The molecule has 0 bridgehead atoms. The Kier molecular flexibility index (Phi) is 7.72. The summed E-state index contributed by atoms with van der Waals surface area (Å²) in [5.41, 5.74) is -0.0277. The number of thioether (sulfide) groups is 1. The summed E-state index contributed by atoms with van der Waals surface area (Å²) in [5.74, 6) is 0.441. The number of carbonyl (C=O) groups excluding carboxylic acids is 2. The molecule has 0 heterocycles. The zero-order valence-corrected chi connectivity index (χ0v) is 15.4. The van der Waals surface area contributed by atoms with Gasteiger partial charge in [0.15, 0.2) is 0 Å². The summed E-state index contributed by atoms with van der Waals surface area (Å²) < 4.78 is 5.21. The van der Waals surface area contributed by atoms with E-state index >= 15 is 0 Å². The molecule has 128 valence electrons. The van der Waals surface area contributed by atoms with Crippen LogP contribution in [0, 0.1) is 0 Å². The lowest BCUT2D eigenvalue weighted by atomic mass is 10.2. The van der Waals surface area contributed by atoms with Gasteiger partial charge in [-0.25, -0.2) is 4.79 Å². The highest BCUT2D eigenvalue weighted by Gasteiger charge is 2.24. The number of rotatable bonds is 6. The third-order valence-corrected chi connectivity index (χ3v) is 3.59. The first kappa shape index (κ1) is 19.6. The number of hydrogen-bond donors (Lipinski definition) is 2. The molecule has 0 radical (unpaired) electrons. The van der Waals surface area contributed by atoms with Gasteiger partial charge in [-0.05, 0) is 57.4 Å². The summed E-state index contributed by atoms with van der Waals surface area (Å²) in [4.78, 5) is 24.3. The summed E-state index contributed by atoms with van der Waals surface area (Å²) in [6, 6.07) is 6.19. The van der Waals surface area contributed by atoms with Crippen molar-refractivity contribution in [3.05, 3.63) is 29.3 Å². The molecule has 0 saturated carbocycles. The van der Waals surface area contributed by atoms with Crippen LogP contribution in [0.5, 0.6) is 0 Å². The van der Waals surface area contributed by atoms with Gasteiger partial charge >= 0.3 is 6.09 Å². The van der Waals surface area contributed by atoms with Gasteiger partial charge in [-0.2, -0.15) is 11.8 Å². The Hall–Kier alpha value is -1.40. The maximum absolute atomic E-state index is 12.4. The van der Waals surface area contributed by atoms with Crippen molar-refractivity contribution in [1.29, 1.82) is 0 Å². The lowest BCUT2D eigenvalue weighted by Crippen LogP contribution is -2.46. The number of benzene rings is 1. The van der Waals surface area contributed by atoms with Crippen molar-refractivity contribution in [2.75, 3.05) is 17.3 Å². The van der Waals surface area contributed by atoms with E-state index in [9.17, 15) is 9.59 Å². The summed E-state index contributed by atoms with van der Waals surface area (Å²) in [5, 5.41) is 5.91. The first-order valence-electron chi connectivity index (χ1n) is 7.26. The smallest absolute Gasteiger partial charge is 0.408 e. The molecule has 0 unspecified atom stereocenters. The fourth-order valence-corrected chi connectivity index (χ4v) is 2.41. The first-order chi connectivity index (χ1) is 10.7. The quantitative estimate of drug-likeness (QED) is 0.808. The van der Waals surface area contributed by atoms with E-state index < -0.39 is 17.7 Å². The number of halogens is 1. The molecular formula is C16H23ClN2O3S. The van der Waals surface area contributed by atoms with Gasteiger partial charge in [0.05, 0.1) is 0 Å². The van der Waals surface area contributed by atoms with Crippen LogP contribution in [0.3, 0.4) is 0 Å². The van der Waals surface area contributed by atoms with Gasteiger partial charge in [-0.3, -0.25) is 4.79 Å². The number of alkyl carbamates (subject to hydrolysis) is 1. The van der Waals surface area contributed by atoms with Gasteiger partial charge in [0.2, 0.25) is 5.91 Å². The average Bonchev–Trinajstić information content (AvgIpc) is 2.41. The van der Waals surface area contributed by atoms with Crippen molar-refractivity contribution in [3.8, 4) is 0 Å². The second-order valence-corrected chi connectivity index (χ2v) is 7.40. The molecule has 1 atom stereocenters. The van der Waals surface area contributed by atoms with Crippen LogP contribution in [0.4, 0.5) is 10.5 Å². The van der Waals surface area contributed by atoms with Gasteiger partial charge in [-0.1, -0.05) is 17.7 Å². The molecule has 0 aliphatic carbocycles. The highest BCUT2D eigenvalue weighted by atomic mass is 35.5. The molecule has 0 aromatic heterocycles. The second kappa shape index (κ2) is 9.03. The lowest BCUT2D eigenvalue weighted by Gasteiger charge is -2.23. The maximum Gasteiger partial charge on any atom is 0.408 e. The van der Waals surface area contributed by atoms with Crippen LogP contribution in [0.2, 0.25) is 5.02 Å². The molecule has 0 saturated heterocycles. The third-order valence-electron chi connectivity index (χ3n) is 2.71. The Morgan fingerprint density at radius 3 is 2.61 bits per heavy atom. The Bertz CT molecular complexity index is 546. The van der Waals surface area contributed by atoms with Crippen LogP contribution >= 0.6 is 23.4 Å². The van der Waals surface area contributed by atoms with Crippen molar-refractivity contribution in [2.24, 2.45) is 0 Å². The van der Waals surface area contributed by atoms with Gasteiger partial charge in [-0.15, -0.1) is 0 Å². The summed E-state index contributed by atoms with van der Waals surface area (Å²) in [6.45, 7) is 5.32. The van der Waals surface area contributed by atoms with Crippen LogP contribution in [-0.4, -0.2) is 35.7 Å². The molecule has 2 amide bonds. The van der Waals surface area contributed by atoms with E-state index in [2.05, 4.69) is 10.6 Å². The minimum absolute atomic E-state index is 0.299. The number of anilines is 1. The monoisotopic (exact) mass is 358 g/mol. The Balaban J connectivity index is 2.72. The summed E-state index contributed by atoms with van der Waals surface area (Å²) in [6.07, 6.45) is 1.84. The van der Waals surface area contributed by atoms with E-state index in [1.807, 2.05) is 6.26 Å². The molecule has 0 spiro atoms. The fraction of sp³-hybridized carbons (Fsp3) is 0.500. The molecule has 0 aliphatic rings. The molecular weight excluding hydrogens is 336 g/mol. The summed E-state index contributed by atoms with van der Waals surface area (Å²) >= 11 is 7.51. The zero-order valence-electron chi connectivity index (χ0n) is 13.8. The molecule has 0 fully saturated rings. The number of carbonyl (C=O) groups is 2. The van der Waals surface area contributed by atoms with Crippen LogP contribution in [0.1, 0.15) is 27.2 Å². The van der Waals surface area contributed by atoms with Crippen molar-refractivity contribution < 1.29 is 14.3 Å². The van der Waals surface area contributed by atoms with E-state index in [-0.39, 0.29) is 5.91 Å². The van der Waals surface area contributed by atoms with Crippen molar-refractivity contribution in [1.82, 2.24) is 5.32 Å². The van der Waals surface area contributed by atoms with Crippen LogP contribution in [0.15, 0.2) is 24.3 Å². The average molecular weight is 359 g/mol. The van der Waals surface area contributed by atoms with Crippen LogP contribution in [0.25, 0.3) is 0 Å². The largest absolute Gasteiger partial charge is 0.444 e. The predicted octanol–water partition coefficient (Wildman–Crippen LogP) is 3.92. The molecule has 5 nitrogen and oxygen atoms in total. The lowest BCUT2D eigenvalue weighted by molar-refractivity contribution is -0.118. The SMILES string of the molecule is CSCC[C@H](NC(=O)OC(C)(C)C)C(=O)Nc1cccc(Cl)c1. The molecule has 1 rings (SSSR count).